The molecule has 146 valence electrons. The van der Waals surface area contributed by atoms with Crippen LogP contribution in [0.2, 0.25) is 0 Å². The summed E-state index contributed by atoms with van der Waals surface area (Å²) in [6.07, 6.45) is 13.0. The second-order valence-corrected chi connectivity index (χ2v) is 7.94. The molecule has 0 radical (unpaired) electrons. The fraction of sp³-hybridized carbons (Fsp3) is 0.542. The summed E-state index contributed by atoms with van der Waals surface area (Å²) >= 11 is 0. The van der Waals surface area contributed by atoms with E-state index in [1.807, 2.05) is 0 Å². The van der Waals surface area contributed by atoms with Gasteiger partial charge in [-0.25, -0.2) is 0 Å². The average Bonchev–Trinajstić information content (AvgIpc) is 3.32. The standard InChI is InChI=1S/C24H34N2O/c1-4-6-14-20(5-2)23-24(3,21-15-8-7-9-16-21)26-22(25-23)18-27-17-19-12-10-11-13-19/h5-9,14-16,19,23H,4,10-13,17-18H2,1-3H3,(H,25,26)/b14-6-,20-5+/t23-,24+/m1/s1. The van der Waals surface area contributed by atoms with Crippen molar-refractivity contribution in [2.24, 2.45) is 10.9 Å². The van der Waals surface area contributed by atoms with E-state index in [4.69, 9.17) is 9.73 Å². The largest absolute Gasteiger partial charge is 0.373 e. The molecule has 0 spiro atoms. The zero-order valence-corrected chi connectivity index (χ0v) is 17.1. The first kappa shape index (κ1) is 19.9. The van der Waals surface area contributed by atoms with E-state index in [1.165, 1.54) is 36.8 Å². The molecule has 3 rings (SSSR count). The SMILES string of the molecule is C/C=C(\C=C/CC)[C@H]1N=C(COCC2CCCC2)N[C@@]1(C)c1ccccc1. The number of ether oxygens (including phenoxy) is 1. The van der Waals surface area contributed by atoms with E-state index in [2.05, 4.69) is 74.6 Å². The van der Waals surface area contributed by atoms with Crippen molar-refractivity contribution < 1.29 is 4.74 Å². The van der Waals surface area contributed by atoms with Gasteiger partial charge in [0.2, 0.25) is 0 Å². The van der Waals surface area contributed by atoms with Crippen LogP contribution in [0.4, 0.5) is 0 Å². The molecule has 1 aliphatic carbocycles. The highest BCUT2D eigenvalue weighted by Crippen LogP contribution is 2.35. The van der Waals surface area contributed by atoms with Crippen LogP contribution < -0.4 is 5.32 Å². The number of allylic oxidation sites excluding steroid dienone is 2. The molecule has 1 aliphatic heterocycles. The third-order valence-corrected chi connectivity index (χ3v) is 5.87. The van der Waals surface area contributed by atoms with Crippen molar-refractivity contribution in [3.05, 3.63) is 59.7 Å². The summed E-state index contributed by atoms with van der Waals surface area (Å²) in [6, 6.07) is 10.7. The van der Waals surface area contributed by atoms with Crippen LogP contribution in [0.5, 0.6) is 0 Å². The van der Waals surface area contributed by atoms with Gasteiger partial charge in [0, 0.05) is 6.61 Å². The highest BCUT2D eigenvalue weighted by atomic mass is 16.5. The number of rotatable bonds is 8. The van der Waals surface area contributed by atoms with E-state index in [0.717, 1.165) is 24.8 Å². The molecular formula is C24H34N2O. The van der Waals surface area contributed by atoms with Crippen LogP contribution in [0, 0.1) is 5.92 Å². The molecule has 3 heteroatoms. The Kier molecular flexibility index (Phi) is 6.89. The predicted octanol–water partition coefficient (Wildman–Crippen LogP) is 5.39. The van der Waals surface area contributed by atoms with Crippen LogP contribution in [0.3, 0.4) is 0 Å². The monoisotopic (exact) mass is 366 g/mol. The Labute approximate surface area is 164 Å². The van der Waals surface area contributed by atoms with Gasteiger partial charge < -0.3 is 10.1 Å². The fourth-order valence-corrected chi connectivity index (χ4v) is 4.28. The lowest BCUT2D eigenvalue weighted by Gasteiger charge is -2.32. The molecule has 2 aliphatic rings. The maximum atomic E-state index is 6.04. The summed E-state index contributed by atoms with van der Waals surface area (Å²) in [5.74, 6) is 1.70. The number of benzene rings is 1. The Bertz CT molecular complexity index is 686. The lowest BCUT2D eigenvalue weighted by Crippen LogP contribution is -2.46. The molecule has 0 aromatic heterocycles. The van der Waals surface area contributed by atoms with Gasteiger partial charge in [0.15, 0.2) is 0 Å². The van der Waals surface area contributed by atoms with Gasteiger partial charge in [-0.1, -0.05) is 68.3 Å². The van der Waals surface area contributed by atoms with Gasteiger partial charge in [-0.05, 0) is 50.2 Å². The van der Waals surface area contributed by atoms with Crippen molar-refractivity contribution in [3.63, 3.8) is 0 Å². The van der Waals surface area contributed by atoms with Gasteiger partial charge in [0.25, 0.3) is 0 Å². The van der Waals surface area contributed by atoms with Crippen molar-refractivity contribution in [1.82, 2.24) is 5.32 Å². The van der Waals surface area contributed by atoms with E-state index in [1.54, 1.807) is 0 Å². The molecule has 1 fully saturated rings. The number of nitrogens with zero attached hydrogens (tertiary/aromatic N) is 1. The van der Waals surface area contributed by atoms with Crippen molar-refractivity contribution in [3.8, 4) is 0 Å². The lowest BCUT2D eigenvalue weighted by atomic mass is 9.81. The second-order valence-electron chi connectivity index (χ2n) is 7.94. The third kappa shape index (κ3) is 4.70. The summed E-state index contributed by atoms with van der Waals surface area (Å²) in [4.78, 5) is 5.07. The number of nitrogens with one attached hydrogen (secondary N) is 1. The Balaban J connectivity index is 1.77. The fourth-order valence-electron chi connectivity index (χ4n) is 4.28. The molecular weight excluding hydrogens is 332 g/mol. The highest BCUT2D eigenvalue weighted by Gasteiger charge is 2.42. The van der Waals surface area contributed by atoms with E-state index >= 15 is 0 Å². The molecule has 2 atom stereocenters. The summed E-state index contributed by atoms with van der Waals surface area (Å²) in [7, 11) is 0. The highest BCUT2D eigenvalue weighted by molar-refractivity contribution is 5.87. The maximum absolute atomic E-state index is 6.04. The molecule has 1 heterocycles. The lowest BCUT2D eigenvalue weighted by molar-refractivity contribution is 0.131. The quantitative estimate of drug-likeness (QED) is 0.626. The van der Waals surface area contributed by atoms with Crippen LogP contribution in [0.25, 0.3) is 0 Å². The Morgan fingerprint density at radius 2 is 2.00 bits per heavy atom. The molecule has 3 nitrogen and oxygen atoms in total. The summed E-state index contributed by atoms with van der Waals surface area (Å²) in [5, 5.41) is 3.70. The Morgan fingerprint density at radius 3 is 2.67 bits per heavy atom. The van der Waals surface area contributed by atoms with Crippen molar-refractivity contribution in [1.29, 1.82) is 0 Å². The van der Waals surface area contributed by atoms with Crippen LogP contribution in [0.15, 0.2) is 59.1 Å². The molecule has 0 amide bonds. The van der Waals surface area contributed by atoms with Crippen LogP contribution in [-0.4, -0.2) is 25.1 Å². The van der Waals surface area contributed by atoms with Gasteiger partial charge >= 0.3 is 0 Å². The normalized spacial score (nSPS) is 26.6. The molecule has 1 N–H and O–H groups in total. The van der Waals surface area contributed by atoms with E-state index < -0.39 is 0 Å². The average molecular weight is 367 g/mol. The van der Waals surface area contributed by atoms with Crippen LogP contribution in [-0.2, 0) is 10.3 Å². The number of hydrogen-bond acceptors (Lipinski definition) is 3. The minimum atomic E-state index is -0.257. The first-order valence-electron chi connectivity index (χ1n) is 10.5. The van der Waals surface area contributed by atoms with Gasteiger partial charge in [-0.3, -0.25) is 4.99 Å². The van der Waals surface area contributed by atoms with Gasteiger partial charge in [0.05, 0.1) is 5.54 Å². The summed E-state index contributed by atoms with van der Waals surface area (Å²) in [5.41, 5.74) is 2.25. The van der Waals surface area contributed by atoms with E-state index in [-0.39, 0.29) is 11.6 Å². The van der Waals surface area contributed by atoms with Crippen molar-refractivity contribution in [2.45, 2.75) is 64.5 Å². The van der Waals surface area contributed by atoms with E-state index in [9.17, 15) is 0 Å². The third-order valence-electron chi connectivity index (χ3n) is 5.87. The molecule has 1 aromatic carbocycles. The number of amidine groups is 1. The molecule has 0 saturated heterocycles. The molecule has 0 unspecified atom stereocenters. The molecule has 1 aromatic rings. The van der Waals surface area contributed by atoms with Gasteiger partial charge in [-0.15, -0.1) is 0 Å². The smallest absolute Gasteiger partial charge is 0.124 e. The first-order chi connectivity index (χ1) is 13.2. The van der Waals surface area contributed by atoms with Crippen molar-refractivity contribution in [2.75, 3.05) is 13.2 Å². The number of aliphatic imine (C=N–C) groups is 1. The Hall–Kier alpha value is -1.87. The van der Waals surface area contributed by atoms with Crippen molar-refractivity contribution >= 4 is 5.84 Å². The van der Waals surface area contributed by atoms with Crippen LogP contribution in [0.1, 0.15) is 58.4 Å². The minimum Gasteiger partial charge on any atom is -0.373 e. The number of hydrogen-bond donors (Lipinski definition) is 1. The Morgan fingerprint density at radius 1 is 1.26 bits per heavy atom. The summed E-state index contributed by atoms with van der Waals surface area (Å²) in [6.45, 7) is 7.96. The second kappa shape index (κ2) is 9.36. The minimum absolute atomic E-state index is 0.0535. The predicted molar refractivity (Wildman–Crippen MR) is 114 cm³/mol. The van der Waals surface area contributed by atoms with Crippen LogP contribution >= 0.6 is 0 Å². The van der Waals surface area contributed by atoms with E-state index in [0.29, 0.717) is 6.61 Å². The molecule has 27 heavy (non-hydrogen) atoms. The van der Waals surface area contributed by atoms with Gasteiger partial charge in [0.1, 0.15) is 18.5 Å². The summed E-state index contributed by atoms with van der Waals surface area (Å²) < 4.78 is 6.04. The molecule has 0 bridgehead atoms. The zero-order chi connectivity index (χ0) is 19.1. The topological polar surface area (TPSA) is 33.6 Å². The van der Waals surface area contributed by atoms with Gasteiger partial charge in [-0.2, -0.15) is 0 Å². The first-order valence-corrected chi connectivity index (χ1v) is 10.5. The maximum Gasteiger partial charge on any atom is 0.124 e. The molecule has 1 saturated carbocycles. The zero-order valence-electron chi connectivity index (χ0n) is 17.1.